The van der Waals surface area contributed by atoms with Crippen molar-refractivity contribution in [2.24, 2.45) is 10.8 Å². The van der Waals surface area contributed by atoms with Gasteiger partial charge in [-0.05, 0) is 82.6 Å². The second-order valence-corrected chi connectivity index (χ2v) is 15.2. The zero-order valence-electron chi connectivity index (χ0n) is 33.0. The Kier molecular flexibility index (Phi) is 14.4. The van der Waals surface area contributed by atoms with E-state index < -0.39 is 11.9 Å². The third-order valence-electron chi connectivity index (χ3n) is 8.74. The molecular weight excluding hydrogens is 680 g/mol. The van der Waals surface area contributed by atoms with Crippen molar-refractivity contribution >= 4 is 11.9 Å². The first-order valence-corrected chi connectivity index (χ1v) is 18.0. The van der Waals surface area contributed by atoms with E-state index in [2.05, 4.69) is 73.8 Å². The van der Waals surface area contributed by atoms with Crippen LogP contribution in [0.25, 0.3) is 33.4 Å². The van der Waals surface area contributed by atoms with Crippen LogP contribution in [-0.4, -0.2) is 52.6 Å². The minimum Gasteiger partial charge on any atom is -0.497 e. The molecule has 8 nitrogen and oxygen atoms in total. The lowest BCUT2D eigenvalue weighted by Crippen LogP contribution is -2.27. The average Bonchev–Trinajstić information content (AvgIpc) is 3.16. The van der Waals surface area contributed by atoms with E-state index in [1.165, 1.54) is 0 Å². The quantitative estimate of drug-likeness (QED) is 0.0695. The van der Waals surface area contributed by atoms with Crippen molar-refractivity contribution in [3.8, 4) is 44.9 Å². The van der Waals surface area contributed by atoms with Gasteiger partial charge < -0.3 is 28.4 Å². The van der Waals surface area contributed by atoms with Crippen LogP contribution in [0.3, 0.4) is 0 Å². The molecule has 0 heterocycles. The zero-order valence-corrected chi connectivity index (χ0v) is 33.0. The number of carbonyl (C=O) groups is 2. The highest BCUT2D eigenvalue weighted by Gasteiger charge is 2.23. The lowest BCUT2D eigenvalue weighted by Gasteiger charge is -2.24. The number of methoxy groups -OCH3 is 2. The zero-order chi connectivity index (χ0) is 39.5. The first-order chi connectivity index (χ1) is 25.6. The molecule has 0 aromatic heterocycles. The van der Waals surface area contributed by atoms with E-state index in [0.29, 0.717) is 37.6 Å². The van der Waals surface area contributed by atoms with E-state index in [1.54, 1.807) is 28.1 Å². The molecule has 4 rings (SSSR count). The second-order valence-electron chi connectivity index (χ2n) is 15.2. The molecule has 0 aliphatic heterocycles. The third-order valence-corrected chi connectivity index (χ3v) is 8.74. The maximum atomic E-state index is 11.9. The SMILES string of the molecule is C=C(C)C(=O)OCC(C)(C)COCc1cc(OC)ccc1-c1ccc(-c2ccc(-c3ccc(OC)cc3COCC(C)(C)COC(=O)C(=C)C)cc2)cc1. The van der Waals surface area contributed by atoms with Crippen molar-refractivity contribution in [1.82, 2.24) is 0 Å². The summed E-state index contributed by atoms with van der Waals surface area (Å²) in [5.41, 5.74) is 8.41. The van der Waals surface area contributed by atoms with Gasteiger partial charge in [0.1, 0.15) is 11.5 Å². The van der Waals surface area contributed by atoms with Crippen LogP contribution >= 0.6 is 0 Å². The average molecular weight is 735 g/mol. The maximum Gasteiger partial charge on any atom is 0.333 e. The molecule has 4 aromatic rings. The summed E-state index contributed by atoms with van der Waals surface area (Å²) < 4.78 is 34.1. The molecule has 0 saturated carbocycles. The van der Waals surface area contributed by atoms with E-state index in [9.17, 15) is 9.59 Å². The van der Waals surface area contributed by atoms with Gasteiger partial charge in [0.15, 0.2) is 0 Å². The number of ether oxygens (including phenoxy) is 6. The Morgan fingerprint density at radius 1 is 0.519 bits per heavy atom. The summed E-state index contributed by atoms with van der Waals surface area (Å²) in [5, 5.41) is 0. The highest BCUT2D eigenvalue weighted by atomic mass is 16.5. The topological polar surface area (TPSA) is 89.5 Å². The van der Waals surface area contributed by atoms with Gasteiger partial charge in [-0.2, -0.15) is 0 Å². The predicted molar refractivity (Wildman–Crippen MR) is 214 cm³/mol. The van der Waals surface area contributed by atoms with E-state index in [4.69, 9.17) is 28.4 Å². The lowest BCUT2D eigenvalue weighted by atomic mass is 9.94. The Labute approximate surface area is 320 Å². The van der Waals surface area contributed by atoms with Gasteiger partial charge in [-0.1, -0.05) is 102 Å². The summed E-state index contributed by atoms with van der Waals surface area (Å²) in [6.45, 7) is 20.6. The van der Waals surface area contributed by atoms with Gasteiger partial charge in [0.05, 0.1) is 53.9 Å². The van der Waals surface area contributed by atoms with Gasteiger partial charge in [-0.25, -0.2) is 9.59 Å². The molecule has 8 heteroatoms. The first-order valence-electron chi connectivity index (χ1n) is 18.0. The Balaban J connectivity index is 1.45. The van der Waals surface area contributed by atoms with Crippen molar-refractivity contribution in [2.45, 2.75) is 54.8 Å². The van der Waals surface area contributed by atoms with Gasteiger partial charge in [-0.3, -0.25) is 0 Å². The van der Waals surface area contributed by atoms with Gasteiger partial charge in [0, 0.05) is 22.0 Å². The van der Waals surface area contributed by atoms with Crippen molar-refractivity contribution in [3.05, 3.63) is 120 Å². The highest BCUT2D eigenvalue weighted by Crippen LogP contribution is 2.33. The van der Waals surface area contributed by atoms with Crippen LogP contribution in [0.1, 0.15) is 52.7 Å². The minimum absolute atomic E-state index is 0.234. The van der Waals surface area contributed by atoms with E-state index in [-0.39, 0.29) is 24.0 Å². The maximum absolute atomic E-state index is 11.9. The first kappa shape index (κ1) is 41.6. The number of hydrogen-bond donors (Lipinski definition) is 0. The standard InChI is InChI=1S/C46H54O8/c1-31(2)43(47)53-29-45(5,6)27-51-25-37-23-39(49-9)19-21-41(37)35-15-11-33(12-16-35)34-13-17-36(18-14-34)42-22-20-40(50-10)24-38(42)26-52-28-46(7,8)30-54-44(48)32(3)4/h11-24H,1,3,25-30H2,2,4-10H3. The fourth-order valence-electron chi connectivity index (χ4n) is 5.61. The van der Waals surface area contributed by atoms with E-state index >= 15 is 0 Å². The minimum atomic E-state index is -0.399. The summed E-state index contributed by atoms with van der Waals surface area (Å²) in [7, 11) is 3.30. The fraction of sp³-hybridized carbons (Fsp3) is 0.348. The second kappa shape index (κ2) is 18.7. The van der Waals surface area contributed by atoms with Crippen LogP contribution in [0, 0.1) is 10.8 Å². The van der Waals surface area contributed by atoms with Gasteiger partial charge in [0.25, 0.3) is 0 Å². The smallest absolute Gasteiger partial charge is 0.333 e. The third kappa shape index (κ3) is 11.9. The molecule has 0 radical (unpaired) electrons. The van der Waals surface area contributed by atoms with E-state index in [0.717, 1.165) is 56.0 Å². The van der Waals surface area contributed by atoms with Crippen LogP contribution in [0.5, 0.6) is 11.5 Å². The monoisotopic (exact) mass is 734 g/mol. The van der Waals surface area contributed by atoms with Gasteiger partial charge in [-0.15, -0.1) is 0 Å². The Hall–Kier alpha value is -5.18. The summed E-state index contributed by atoms with van der Waals surface area (Å²) in [5.74, 6) is 0.703. The number of carbonyl (C=O) groups excluding carboxylic acids is 2. The Bertz CT molecular complexity index is 1780. The molecular formula is C46H54O8. The molecule has 0 atom stereocenters. The van der Waals surface area contributed by atoms with Crippen molar-refractivity contribution in [1.29, 1.82) is 0 Å². The molecule has 0 saturated heterocycles. The summed E-state index contributed by atoms with van der Waals surface area (Å²) in [6.07, 6.45) is 0. The van der Waals surface area contributed by atoms with Gasteiger partial charge >= 0.3 is 11.9 Å². The molecule has 0 bridgehead atoms. The number of benzene rings is 4. The molecule has 54 heavy (non-hydrogen) atoms. The molecule has 286 valence electrons. The Morgan fingerprint density at radius 3 is 1.17 bits per heavy atom. The number of esters is 2. The summed E-state index contributed by atoms with van der Waals surface area (Å²) >= 11 is 0. The lowest BCUT2D eigenvalue weighted by molar-refractivity contribution is -0.144. The fourth-order valence-corrected chi connectivity index (χ4v) is 5.61. The molecule has 0 fully saturated rings. The van der Waals surface area contributed by atoms with E-state index in [1.807, 2.05) is 52.0 Å². The Morgan fingerprint density at radius 2 is 0.852 bits per heavy atom. The molecule has 0 spiro atoms. The highest BCUT2D eigenvalue weighted by molar-refractivity contribution is 5.87. The van der Waals surface area contributed by atoms with Crippen LogP contribution in [-0.2, 0) is 41.8 Å². The molecule has 0 amide bonds. The normalized spacial score (nSPS) is 11.5. The number of rotatable bonds is 19. The molecule has 0 aliphatic rings. The van der Waals surface area contributed by atoms with Gasteiger partial charge in [0.2, 0.25) is 0 Å². The van der Waals surface area contributed by atoms with Crippen LogP contribution in [0.2, 0.25) is 0 Å². The summed E-state index contributed by atoms with van der Waals surface area (Å²) in [6, 6.07) is 29.0. The van der Waals surface area contributed by atoms with Crippen LogP contribution in [0.4, 0.5) is 0 Å². The number of hydrogen-bond acceptors (Lipinski definition) is 8. The van der Waals surface area contributed by atoms with Crippen molar-refractivity contribution < 1.29 is 38.0 Å². The molecule has 0 N–H and O–H groups in total. The van der Waals surface area contributed by atoms with Crippen molar-refractivity contribution in [2.75, 3.05) is 40.6 Å². The van der Waals surface area contributed by atoms with Crippen molar-refractivity contribution in [3.63, 3.8) is 0 Å². The van der Waals surface area contributed by atoms with Crippen LogP contribution < -0.4 is 9.47 Å². The largest absolute Gasteiger partial charge is 0.497 e. The summed E-state index contributed by atoms with van der Waals surface area (Å²) in [4.78, 5) is 23.8. The molecule has 0 unspecified atom stereocenters. The molecule has 0 aliphatic carbocycles. The van der Waals surface area contributed by atoms with Crippen LogP contribution in [0.15, 0.2) is 109 Å². The molecule has 4 aromatic carbocycles. The predicted octanol–water partition coefficient (Wildman–Crippen LogP) is 10.0.